The van der Waals surface area contributed by atoms with Crippen LogP contribution in [-0.4, -0.2) is 46.4 Å². The molecule has 1 atom stereocenters. The highest BCUT2D eigenvalue weighted by atomic mass is 19.2. The van der Waals surface area contributed by atoms with E-state index < -0.39 is 41.9 Å². The molecule has 0 aromatic heterocycles. The summed E-state index contributed by atoms with van der Waals surface area (Å²) in [6.45, 7) is 1.11. The lowest BCUT2D eigenvalue weighted by atomic mass is 10.1. The Labute approximate surface area is 174 Å². The lowest BCUT2D eigenvalue weighted by Crippen LogP contribution is -2.53. The summed E-state index contributed by atoms with van der Waals surface area (Å²) in [4.78, 5) is 23.2. The fourth-order valence-electron chi connectivity index (χ4n) is 3.48. The minimum atomic E-state index is -1.58. The number of aliphatic hydroxyl groups excluding tert-OH is 1. The SMILES string of the molecule is Cc1cc(F)c(CO)cc1NC1=NC(=O)N(C)C2=NCC(c3cc(F)c(F)c(F)c3)N12. The highest BCUT2D eigenvalue weighted by molar-refractivity contribution is 6.17. The van der Waals surface area contributed by atoms with Gasteiger partial charge in [-0.15, -0.1) is 0 Å². The summed E-state index contributed by atoms with van der Waals surface area (Å²) >= 11 is 0. The molecule has 2 aliphatic rings. The quantitative estimate of drug-likeness (QED) is 0.573. The van der Waals surface area contributed by atoms with Gasteiger partial charge in [-0.2, -0.15) is 4.99 Å². The second-order valence-electron chi connectivity index (χ2n) is 7.14. The molecule has 2 aliphatic heterocycles. The number of guanidine groups is 2. The van der Waals surface area contributed by atoms with Crippen LogP contribution in [0.3, 0.4) is 0 Å². The zero-order chi connectivity index (χ0) is 22.4. The maximum absolute atomic E-state index is 13.9. The average molecular weight is 435 g/mol. The van der Waals surface area contributed by atoms with Crippen LogP contribution in [0.15, 0.2) is 34.3 Å². The van der Waals surface area contributed by atoms with E-state index in [2.05, 4.69) is 15.3 Å². The molecule has 2 N–H and O–H groups in total. The van der Waals surface area contributed by atoms with Crippen molar-refractivity contribution in [2.45, 2.75) is 19.6 Å². The van der Waals surface area contributed by atoms with E-state index in [1.165, 1.54) is 24.1 Å². The summed E-state index contributed by atoms with van der Waals surface area (Å²) < 4.78 is 55.0. The fourth-order valence-corrected chi connectivity index (χ4v) is 3.48. The lowest BCUT2D eigenvalue weighted by molar-refractivity contribution is 0.230. The standard InChI is InChI=1S/C20H17F4N5O2/c1-9-3-12(21)11(8-30)6-15(9)26-18-27-20(31)28(2)19-25-7-16(29(18)19)10-4-13(22)17(24)14(23)5-10/h3-6,16,30H,7-8H2,1-2H3,(H,26,27,31). The molecule has 2 heterocycles. The molecular weight excluding hydrogens is 418 g/mol. The van der Waals surface area contributed by atoms with Crippen LogP contribution in [0.2, 0.25) is 0 Å². The number of hydrogen-bond acceptors (Lipinski definition) is 5. The first kappa shape index (κ1) is 20.8. The Balaban J connectivity index is 1.76. The predicted octanol–water partition coefficient (Wildman–Crippen LogP) is 3.29. The van der Waals surface area contributed by atoms with Crippen LogP contribution in [0.5, 0.6) is 0 Å². The number of halogens is 4. The van der Waals surface area contributed by atoms with Gasteiger partial charge in [0.15, 0.2) is 17.5 Å². The smallest absolute Gasteiger partial charge is 0.353 e. The highest BCUT2D eigenvalue weighted by Crippen LogP contribution is 2.32. The van der Waals surface area contributed by atoms with Gasteiger partial charge in [0.05, 0.1) is 19.2 Å². The van der Waals surface area contributed by atoms with Crippen LogP contribution in [0.25, 0.3) is 0 Å². The van der Waals surface area contributed by atoms with Crippen molar-refractivity contribution < 1.29 is 27.5 Å². The van der Waals surface area contributed by atoms with Gasteiger partial charge in [0, 0.05) is 18.3 Å². The molecule has 162 valence electrons. The number of urea groups is 1. The molecule has 0 aliphatic carbocycles. The van der Waals surface area contributed by atoms with Crippen LogP contribution in [0.4, 0.5) is 28.0 Å². The number of nitrogens with one attached hydrogen (secondary N) is 1. The summed E-state index contributed by atoms with van der Waals surface area (Å²) in [5, 5.41) is 12.3. The Morgan fingerprint density at radius 3 is 2.45 bits per heavy atom. The fraction of sp³-hybridized carbons (Fsp3) is 0.250. The summed E-state index contributed by atoms with van der Waals surface area (Å²) in [5.41, 5.74) is 0.960. The number of nitrogens with zero attached hydrogens (tertiary/aromatic N) is 4. The van der Waals surface area contributed by atoms with Gasteiger partial charge >= 0.3 is 6.03 Å². The number of aliphatic hydroxyl groups is 1. The third-order valence-corrected chi connectivity index (χ3v) is 5.15. The molecule has 2 aromatic carbocycles. The number of aliphatic imine (C=N–C) groups is 2. The van der Waals surface area contributed by atoms with Crippen LogP contribution < -0.4 is 5.32 Å². The van der Waals surface area contributed by atoms with Crippen molar-refractivity contribution in [3.05, 3.63) is 64.2 Å². The number of anilines is 1. The van der Waals surface area contributed by atoms with E-state index in [1.807, 2.05) is 0 Å². The van der Waals surface area contributed by atoms with Gasteiger partial charge < -0.3 is 10.4 Å². The molecule has 0 saturated heterocycles. The molecule has 31 heavy (non-hydrogen) atoms. The van der Waals surface area contributed by atoms with Crippen molar-refractivity contribution in [1.82, 2.24) is 9.80 Å². The van der Waals surface area contributed by atoms with Crippen LogP contribution in [0.1, 0.15) is 22.7 Å². The largest absolute Gasteiger partial charge is 0.392 e. The van der Waals surface area contributed by atoms with Crippen molar-refractivity contribution in [3.8, 4) is 0 Å². The van der Waals surface area contributed by atoms with Crippen molar-refractivity contribution in [2.75, 3.05) is 18.9 Å². The third-order valence-electron chi connectivity index (χ3n) is 5.15. The zero-order valence-corrected chi connectivity index (χ0v) is 16.5. The minimum absolute atomic E-state index is 0.00640. The maximum Gasteiger partial charge on any atom is 0.353 e. The molecule has 0 saturated carbocycles. The third kappa shape index (κ3) is 3.50. The molecule has 4 rings (SSSR count). The molecule has 0 spiro atoms. The molecule has 2 amide bonds. The van der Waals surface area contributed by atoms with E-state index in [4.69, 9.17) is 0 Å². The van der Waals surface area contributed by atoms with Gasteiger partial charge in [-0.3, -0.25) is 9.80 Å². The second-order valence-corrected chi connectivity index (χ2v) is 7.14. The first-order valence-electron chi connectivity index (χ1n) is 9.22. The van der Waals surface area contributed by atoms with Gasteiger partial charge in [0.2, 0.25) is 11.9 Å². The molecule has 11 heteroatoms. The molecule has 7 nitrogen and oxygen atoms in total. The average Bonchev–Trinajstić information content (AvgIpc) is 3.17. The number of benzene rings is 2. The predicted molar refractivity (Wildman–Crippen MR) is 104 cm³/mol. The van der Waals surface area contributed by atoms with Crippen LogP contribution >= 0.6 is 0 Å². The number of amides is 2. The van der Waals surface area contributed by atoms with Gasteiger partial charge in [0.1, 0.15) is 5.82 Å². The summed E-state index contributed by atoms with van der Waals surface area (Å²) in [6.07, 6.45) is 0. The van der Waals surface area contributed by atoms with E-state index in [-0.39, 0.29) is 29.6 Å². The Kier molecular flexibility index (Phi) is 5.13. The number of hydrogen-bond donors (Lipinski definition) is 2. The normalized spacial score (nSPS) is 18.2. The first-order valence-corrected chi connectivity index (χ1v) is 9.22. The van der Waals surface area contributed by atoms with Crippen molar-refractivity contribution in [1.29, 1.82) is 0 Å². The van der Waals surface area contributed by atoms with Gasteiger partial charge in [-0.1, -0.05) is 0 Å². The molecule has 1 unspecified atom stereocenters. The number of fused-ring (bicyclic) bond motifs is 1. The lowest BCUT2D eigenvalue weighted by Gasteiger charge is -2.35. The molecular formula is C20H17F4N5O2. The van der Waals surface area contributed by atoms with E-state index in [0.717, 1.165) is 17.0 Å². The second kappa shape index (κ2) is 7.65. The van der Waals surface area contributed by atoms with E-state index in [0.29, 0.717) is 11.3 Å². The van der Waals surface area contributed by atoms with Crippen molar-refractivity contribution in [2.24, 2.45) is 9.98 Å². The van der Waals surface area contributed by atoms with E-state index in [9.17, 15) is 27.5 Å². The Morgan fingerprint density at radius 2 is 1.81 bits per heavy atom. The number of carbonyl (C=O) groups is 1. The van der Waals surface area contributed by atoms with Gasteiger partial charge in [-0.05, 0) is 42.3 Å². The summed E-state index contributed by atoms with van der Waals surface area (Å²) in [7, 11) is 1.44. The summed E-state index contributed by atoms with van der Waals surface area (Å²) in [6, 6.07) is 2.89. The van der Waals surface area contributed by atoms with E-state index >= 15 is 0 Å². The van der Waals surface area contributed by atoms with Crippen LogP contribution in [0, 0.1) is 30.2 Å². The Morgan fingerprint density at radius 1 is 1.13 bits per heavy atom. The van der Waals surface area contributed by atoms with Crippen LogP contribution in [-0.2, 0) is 6.61 Å². The minimum Gasteiger partial charge on any atom is -0.392 e. The topological polar surface area (TPSA) is 80.5 Å². The monoisotopic (exact) mass is 435 g/mol. The maximum atomic E-state index is 13.9. The van der Waals surface area contributed by atoms with Crippen molar-refractivity contribution >= 4 is 23.6 Å². The van der Waals surface area contributed by atoms with Gasteiger partial charge in [0.25, 0.3) is 0 Å². The Hall–Kier alpha value is -3.47. The first-order chi connectivity index (χ1) is 14.7. The number of carbonyl (C=O) groups excluding carboxylic acids is 1. The molecule has 0 radical (unpaired) electrons. The number of aryl methyl sites for hydroxylation is 1. The summed E-state index contributed by atoms with van der Waals surface area (Å²) in [5.74, 6) is -4.70. The molecule has 2 aromatic rings. The number of rotatable bonds is 3. The highest BCUT2D eigenvalue weighted by Gasteiger charge is 2.41. The van der Waals surface area contributed by atoms with Crippen molar-refractivity contribution in [3.63, 3.8) is 0 Å². The molecule has 0 bridgehead atoms. The van der Waals surface area contributed by atoms with E-state index in [1.54, 1.807) is 6.92 Å². The zero-order valence-electron chi connectivity index (χ0n) is 16.5. The molecule has 0 fully saturated rings. The Bertz CT molecular complexity index is 1130. The van der Waals surface area contributed by atoms with Gasteiger partial charge in [-0.25, -0.2) is 27.3 Å².